The number of amidine groups is 1. The van der Waals surface area contributed by atoms with Crippen LogP contribution in [0.4, 0.5) is 10.1 Å². The number of hydrogen-bond acceptors (Lipinski definition) is 6. The Bertz CT molecular complexity index is 1140. The van der Waals surface area contributed by atoms with Crippen molar-refractivity contribution >= 4 is 21.7 Å². The third kappa shape index (κ3) is 5.36. The molecule has 9 heteroatoms. The standard InChI is InChI=1S/C25H33FN4O3S/c1-18(21-7-5-6-8-22(21)26)27-24-28-34(31,32)23(25(2,3)33-24)17-19-9-11-20(12-10-19)30-15-13-29(4)14-16-30/h5-12,18,23H,13-17H2,1-4H3,(H,27,28)/t18-,23?/m0/s1. The van der Waals surface area contributed by atoms with Gasteiger partial charge in [-0.05, 0) is 58.0 Å². The Morgan fingerprint density at radius 3 is 2.38 bits per heavy atom. The number of nitrogens with zero attached hydrogens (tertiary/aromatic N) is 3. The van der Waals surface area contributed by atoms with Crippen LogP contribution in [0.3, 0.4) is 0 Å². The first-order valence-corrected chi connectivity index (χ1v) is 13.1. The number of likely N-dealkylation sites (N-methyl/N-ethyl adjacent to an activating group) is 1. The molecule has 1 fully saturated rings. The average Bonchev–Trinajstić information content (AvgIpc) is 2.77. The van der Waals surface area contributed by atoms with Gasteiger partial charge in [0.05, 0.1) is 6.04 Å². The van der Waals surface area contributed by atoms with Crippen molar-refractivity contribution in [1.82, 2.24) is 10.2 Å². The number of ether oxygens (including phenoxy) is 1. The first-order chi connectivity index (χ1) is 16.0. The normalized spacial score (nSPS) is 23.0. The Kier molecular flexibility index (Phi) is 6.87. The van der Waals surface area contributed by atoms with Crippen molar-refractivity contribution in [3.63, 3.8) is 0 Å². The zero-order valence-electron chi connectivity index (χ0n) is 20.2. The van der Waals surface area contributed by atoms with Crippen LogP contribution < -0.4 is 10.2 Å². The van der Waals surface area contributed by atoms with E-state index in [1.54, 1.807) is 39.0 Å². The summed E-state index contributed by atoms with van der Waals surface area (Å²) in [7, 11) is -1.74. The lowest BCUT2D eigenvalue weighted by Gasteiger charge is -2.37. The average molecular weight is 489 g/mol. The predicted molar refractivity (Wildman–Crippen MR) is 133 cm³/mol. The Hall–Kier alpha value is -2.65. The highest BCUT2D eigenvalue weighted by Crippen LogP contribution is 2.31. The number of sulfonamides is 1. The van der Waals surface area contributed by atoms with Crippen molar-refractivity contribution in [1.29, 1.82) is 0 Å². The fourth-order valence-corrected chi connectivity index (χ4v) is 6.11. The van der Waals surface area contributed by atoms with E-state index in [0.717, 1.165) is 37.4 Å². The molecule has 0 radical (unpaired) electrons. The molecule has 0 saturated carbocycles. The molecule has 7 nitrogen and oxygen atoms in total. The molecule has 0 aromatic heterocycles. The second-order valence-corrected chi connectivity index (χ2v) is 11.4. The quantitative estimate of drug-likeness (QED) is 0.696. The van der Waals surface area contributed by atoms with E-state index in [-0.39, 0.29) is 18.3 Å². The minimum atomic E-state index is -3.86. The van der Waals surface area contributed by atoms with Crippen LogP contribution in [-0.2, 0) is 21.2 Å². The number of benzene rings is 2. The Morgan fingerprint density at radius 1 is 1.12 bits per heavy atom. The van der Waals surface area contributed by atoms with E-state index in [1.807, 2.05) is 12.1 Å². The number of piperazine rings is 1. The molecule has 2 aromatic rings. The monoisotopic (exact) mass is 488 g/mol. The van der Waals surface area contributed by atoms with E-state index in [2.05, 4.69) is 38.7 Å². The first kappa shape index (κ1) is 24.5. The Balaban J connectivity index is 1.48. The van der Waals surface area contributed by atoms with Gasteiger partial charge in [-0.2, -0.15) is 0 Å². The summed E-state index contributed by atoms with van der Waals surface area (Å²) in [5, 5.41) is 2.07. The molecule has 4 rings (SSSR count). The summed E-state index contributed by atoms with van der Waals surface area (Å²) in [6.07, 6.45) is 0.290. The van der Waals surface area contributed by atoms with E-state index >= 15 is 0 Å². The van der Waals surface area contributed by atoms with Gasteiger partial charge in [-0.3, -0.25) is 0 Å². The molecule has 2 aliphatic rings. The van der Waals surface area contributed by atoms with Crippen molar-refractivity contribution < 1.29 is 17.5 Å². The number of nitrogens with one attached hydrogen (secondary N) is 1. The van der Waals surface area contributed by atoms with Gasteiger partial charge in [-0.25, -0.2) is 12.8 Å². The van der Waals surface area contributed by atoms with Crippen molar-refractivity contribution in [2.45, 2.75) is 44.1 Å². The fourth-order valence-electron chi connectivity index (χ4n) is 4.49. The van der Waals surface area contributed by atoms with Crippen LogP contribution in [0.1, 0.15) is 37.9 Å². The molecule has 2 aromatic carbocycles. The Morgan fingerprint density at radius 2 is 1.76 bits per heavy atom. The molecular weight excluding hydrogens is 455 g/mol. The lowest BCUT2D eigenvalue weighted by Crippen LogP contribution is -2.52. The van der Waals surface area contributed by atoms with Crippen LogP contribution in [0.5, 0.6) is 0 Å². The number of anilines is 1. The van der Waals surface area contributed by atoms with Crippen molar-refractivity contribution in [2.24, 2.45) is 4.40 Å². The van der Waals surface area contributed by atoms with Crippen LogP contribution in [0, 0.1) is 5.82 Å². The minimum Gasteiger partial charge on any atom is -0.457 e. The second kappa shape index (κ2) is 9.54. The first-order valence-electron chi connectivity index (χ1n) is 11.6. The Labute approximate surface area is 201 Å². The molecule has 1 saturated heterocycles. The zero-order chi connectivity index (χ0) is 24.5. The van der Waals surface area contributed by atoms with Gasteiger partial charge in [0.1, 0.15) is 16.7 Å². The summed E-state index contributed by atoms with van der Waals surface area (Å²) in [6.45, 7) is 9.23. The third-order valence-corrected chi connectivity index (χ3v) is 8.52. The highest BCUT2D eigenvalue weighted by atomic mass is 32.2. The largest absolute Gasteiger partial charge is 0.457 e. The number of hydrogen-bond donors (Lipinski definition) is 1. The lowest BCUT2D eigenvalue weighted by atomic mass is 9.97. The molecule has 1 unspecified atom stereocenters. The number of rotatable bonds is 5. The molecule has 2 aliphatic heterocycles. The van der Waals surface area contributed by atoms with E-state index in [4.69, 9.17) is 4.74 Å². The number of halogens is 1. The van der Waals surface area contributed by atoms with Crippen molar-refractivity contribution in [3.8, 4) is 0 Å². The summed E-state index contributed by atoms with van der Waals surface area (Å²) in [5.74, 6) is -0.376. The maximum absolute atomic E-state index is 14.1. The van der Waals surface area contributed by atoms with Crippen LogP contribution in [0.25, 0.3) is 0 Å². The molecule has 2 atom stereocenters. The molecule has 1 N–H and O–H groups in total. The van der Waals surface area contributed by atoms with Gasteiger partial charge >= 0.3 is 6.02 Å². The molecule has 0 spiro atoms. The molecular formula is C25H33FN4O3S. The van der Waals surface area contributed by atoms with Gasteiger partial charge in [0.15, 0.2) is 0 Å². The topological polar surface area (TPSA) is 74.2 Å². The summed E-state index contributed by atoms with van der Waals surface area (Å²) in [5.41, 5.74) is 1.44. The van der Waals surface area contributed by atoms with Crippen LogP contribution >= 0.6 is 0 Å². The fraction of sp³-hybridized carbons (Fsp3) is 0.480. The molecule has 0 bridgehead atoms. The van der Waals surface area contributed by atoms with E-state index in [0.29, 0.717) is 5.56 Å². The van der Waals surface area contributed by atoms with Crippen LogP contribution in [0.15, 0.2) is 52.9 Å². The summed E-state index contributed by atoms with van der Waals surface area (Å²) in [4.78, 5) is 4.65. The summed E-state index contributed by atoms with van der Waals surface area (Å²) in [6, 6.07) is 13.8. The van der Waals surface area contributed by atoms with E-state index in [1.165, 1.54) is 6.07 Å². The van der Waals surface area contributed by atoms with Gasteiger partial charge in [0, 0.05) is 37.4 Å². The smallest absolute Gasteiger partial charge is 0.301 e. The van der Waals surface area contributed by atoms with E-state index in [9.17, 15) is 12.8 Å². The molecule has 2 heterocycles. The lowest BCUT2D eigenvalue weighted by molar-refractivity contribution is 0.0769. The maximum atomic E-state index is 14.1. The van der Waals surface area contributed by atoms with E-state index < -0.39 is 26.9 Å². The highest BCUT2D eigenvalue weighted by molar-refractivity contribution is 7.91. The summed E-state index contributed by atoms with van der Waals surface area (Å²) < 4.78 is 50.3. The van der Waals surface area contributed by atoms with Crippen molar-refractivity contribution in [2.75, 3.05) is 38.1 Å². The maximum Gasteiger partial charge on any atom is 0.301 e. The minimum absolute atomic E-state index is 0.109. The highest BCUT2D eigenvalue weighted by Gasteiger charge is 2.46. The van der Waals surface area contributed by atoms with Gasteiger partial charge < -0.3 is 19.9 Å². The van der Waals surface area contributed by atoms with Crippen LogP contribution in [0.2, 0.25) is 0 Å². The van der Waals surface area contributed by atoms with Gasteiger partial charge in [0.25, 0.3) is 10.0 Å². The summed E-state index contributed by atoms with van der Waals surface area (Å²) >= 11 is 0. The zero-order valence-corrected chi connectivity index (χ0v) is 21.0. The SMILES string of the molecule is C[C@H](NC1=NS(=O)(=O)C(Cc2ccc(N3CCN(C)CC3)cc2)C(C)(C)O1)c1ccccc1F. The van der Waals surface area contributed by atoms with Gasteiger partial charge in [-0.1, -0.05) is 30.3 Å². The molecule has 184 valence electrons. The van der Waals surface area contributed by atoms with Crippen LogP contribution in [-0.4, -0.2) is 63.4 Å². The molecule has 0 aliphatic carbocycles. The predicted octanol–water partition coefficient (Wildman–Crippen LogP) is 3.33. The van der Waals surface area contributed by atoms with Gasteiger partial charge in [0.2, 0.25) is 0 Å². The van der Waals surface area contributed by atoms with Gasteiger partial charge in [-0.15, -0.1) is 4.40 Å². The molecule has 34 heavy (non-hydrogen) atoms. The van der Waals surface area contributed by atoms with Crippen molar-refractivity contribution in [3.05, 3.63) is 65.5 Å². The second-order valence-electron chi connectivity index (χ2n) is 9.65. The molecule has 0 amide bonds. The third-order valence-electron chi connectivity index (χ3n) is 6.64.